The lowest BCUT2D eigenvalue weighted by atomic mass is 10.2. The molecule has 20 heavy (non-hydrogen) atoms. The van der Waals surface area contributed by atoms with Crippen LogP contribution >= 0.6 is 22.6 Å². The Bertz CT molecular complexity index is 789. The number of nitriles is 1. The van der Waals surface area contributed by atoms with Gasteiger partial charge in [0.05, 0.1) is 0 Å². The van der Waals surface area contributed by atoms with E-state index in [2.05, 4.69) is 42.5 Å². The molecule has 0 amide bonds. The van der Waals surface area contributed by atoms with E-state index in [1.54, 1.807) is 18.5 Å². The summed E-state index contributed by atoms with van der Waals surface area (Å²) in [4.78, 5) is 16.0. The topological polar surface area (TPSA) is 78.2 Å². The molecule has 5 nitrogen and oxygen atoms in total. The molecule has 0 aliphatic carbocycles. The van der Waals surface area contributed by atoms with Gasteiger partial charge in [0.25, 0.3) is 0 Å². The molecule has 0 saturated carbocycles. The van der Waals surface area contributed by atoms with Gasteiger partial charge in [-0.3, -0.25) is 4.98 Å². The summed E-state index contributed by atoms with van der Waals surface area (Å²) in [6.45, 7) is 0. The molecule has 3 aromatic heterocycles. The molecule has 0 fully saturated rings. The van der Waals surface area contributed by atoms with Crippen molar-refractivity contribution in [3.8, 4) is 28.8 Å². The summed E-state index contributed by atoms with van der Waals surface area (Å²) >= 11 is 2.19. The molecule has 0 aliphatic rings. The fourth-order valence-electron chi connectivity index (χ4n) is 1.81. The highest BCUT2D eigenvalue weighted by Crippen LogP contribution is 2.26. The molecule has 0 spiro atoms. The van der Waals surface area contributed by atoms with Crippen LogP contribution in [0.1, 0.15) is 5.69 Å². The Kier molecular flexibility index (Phi) is 3.43. The van der Waals surface area contributed by atoms with Gasteiger partial charge in [0.15, 0.2) is 5.82 Å². The molecule has 0 radical (unpaired) electrons. The molecule has 0 saturated heterocycles. The highest BCUT2D eigenvalue weighted by Gasteiger charge is 2.12. The smallest absolute Gasteiger partial charge is 0.157 e. The number of pyridine rings is 2. The number of nitrogens with one attached hydrogen (secondary N) is 1. The summed E-state index contributed by atoms with van der Waals surface area (Å²) in [5, 5.41) is 8.91. The number of H-pyrrole nitrogens is 1. The van der Waals surface area contributed by atoms with Crippen molar-refractivity contribution in [1.82, 2.24) is 19.9 Å². The van der Waals surface area contributed by atoms with Gasteiger partial charge in [-0.15, -0.1) is 0 Å². The fraction of sp³-hybridized carbons (Fsp3) is 0. The van der Waals surface area contributed by atoms with Gasteiger partial charge in [0.2, 0.25) is 0 Å². The monoisotopic (exact) mass is 373 g/mol. The summed E-state index contributed by atoms with van der Waals surface area (Å²) < 4.78 is 0.901. The molecule has 3 heterocycles. The summed E-state index contributed by atoms with van der Waals surface area (Å²) in [6, 6.07) is 11.3. The Labute approximate surface area is 128 Å². The Hall–Kier alpha value is -2.27. The molecule has 0 atom stereocenters. The Balaban J connectivity index is 2.08. The first-order valence-electron chi connectivity index (χ1n) is 5.81. The quantitative estimate of drug-likeness (QED) is 0.701. The molecule has 0 unspecified atom stereocenters. The van der Waals surface area contributed by atoms with E-state index in [-0.39, 0.29) is 0 Å². The van der Waals surface area contributed by atoms with Gasteiger partial charge >= 0.3 is 0 Å². The first kappa shape index (κ1) is 12.7. The molecule has 3 aromatic rings. The van der Waals surface area contributed by atoms with Gasteiger partial charge in [-0.2, -0.15) is 5.26 Å². The largest absolute Gasteiger partial charge is 0.332 e. The van der Waals surface area contributed by atoms with E-state index in [4.69, 9.17) is 5.26 Å². The van der Waals surface area contributed by atoms with Crippen molar-refractivity contribution in [2.75, 3.05) is 0 Å². The molecule has 3 rings (SSSR count). The minimum Gasteiger partial charge on any atom is -0.332 e. The number of aromatic amines is 1. The average Bonchev–Trinajstić information content (AvgIpc) is 2.90. The fourth-order valence-corrected chi connectivity index (χ4v) is 2.49. The standard InChI is InChI=1S/C14H8IN5/c15-13-12(9-4-6-17-10(7-9)8-16)19-14(20-13)11-3-1-2-5-18-11/h1-7H,(H,19,20). The van der Waals surface area contributed by atoms with Crippen molar-refractivity contribution < 1.29 is 0 Å². The number of hydrogen-bond acceptors (Lipinski definition) is 4. The lowest BCUT2D eigenvalue weighted by Gasteiger charge is -1.97. The third-order valence-electron chi connectivity index (χ3n) is 2.72. The molecule has 6 heteroatoms. The van der Waals surface area contributed by atoms with E-state index >= 15 is 0 Å². The van der Waals surface area contributed by atoms with Crippen molar-refractivity contribution in [2.45, 2.75) is 0 Å². The van der Waals surface area contributed by atoms with Crippen molar-refractivity contribution in [1.29, 1.82) is 5.26 Å². The second-order valence-electron chi connectivity index (χ2n) is 4.00. The van der Waals surface area contributed by atoms with Gasteiger partial charge in [0.1, 0.15) is 26.9 Å². The Morgan fingerprint density at radius 2 is 2.05 bits per heavy atom. The maximum Gasteiger partial charge on any atom is 0.157 e. The summed E-state index contributed by atoms with van der Waals surface area (Å²) in [7, 11) is 0. The van der Waals surface area contributed by atoms with Crippen molar-refractivity contribution in [3.05, 3.63) is 52.1 Å². The zero-order chi connectivity index (χ0) is 13.9. The van der Waals surface area contributed by atoms with E-state index in [1.807, 2.05) is 30.3 Å². The second-order valence-corrected chi connectivity index (χ2v) is 5.08. The zero-order valence-corrected chi connectivity index (χ0v) is 12.4. The van der Waals surface area contributed by atoms with Crippen LogP contribution in [0, 0.1) is 15.0 Å². The lowest BCUT2D eigenvalue weighted by Crippen LogP contribution is -1.86. The maximum absolute atomic E-state index is 8.91. The minimum absolute atomic E-state index is 0.376. The highest BCUT2D eigenvalue weighted by molar-refractivity contribution is 14.1. The van der Waals surface area contributed by atoms with Crippen LogP contribution in [0.3, 0.4) is 0 Å². The van der Waals surface area contributed by atoms with E-state index in [1.165, 1.54) is 0 Å². The summed E-state index contributed by atoms with van der Waals surface area (Å²) in [5.74, 6) is 0.709. The Morgan fingerprint density at radius 1 is 1.15 bits per heavy atom. The number of rotatable bonds is 2. The van der Waals surface area contributed by atoms with Crippen molar-refractivity contribution >= 4 is 22.6 Å². The molecular formula is C14H8IN5. The highest BCUT2D eigenvalue weighted by atomic mass is 127. The van der Waals surface area contributed by atoms with E-state index in [9.17, 15) is 0 Å². The lowest BCUT2D eigenvalue weighted by molar-refractivity contribution is 1.22. The van der Waals surface area contributed by atoms with Crippen molar-refractivity contribution in [3.63, 3.8) is 0 Å². The minimum atomic E-state index is 0.376. The van der Waals surface area contributed by atoms with Gasteiger partial charge in [-0.1, -0.05) is 6.07 Å². The molecule has 1 N–H and O–H groups in total. The molecule has 0 aliphatic heterocycles. The SMILES string of the molecule is N#Cc1cc(-c2nc(-c3ccccn3)[nH]c2I)ccn1. The van der Waals surface area contributed by atoms with Crippen LogP contribution in [0.2, 0.25) is 0 Å². The average molecular weight is 373 g/mol. The normalized spacial score (nSPS) is 10.2. The third-order valence-corrected chi connectivity index (χ3v) is 3.50. The van der Waals surface area contributed by atoms with Gasteiger partial charge in [0, 0.05) is 18.0 Å². The Morgan fingerprint density at radius 3 is 2.80 bits per heavy atom. The number of hydrogen-bond donors (Lipinski definition) is 1. The second kappa shape index (κ2) is 5.38. The number of aromatic nitrogens is 4. The molecule has 96 valence electrons. The maximum atomic E-state index is 8.91. The van der Waals surface area contributed by atoms with Crippen LogP contribution in [-0.2, 0) is 0 Å². The van der Waals surface area contributed by atoms with E-state index < -0.39 is 0 Å². The van der Waals surface area contributed by atoms with Crippen LogP contribution in [0.4, 0.5) is 0 Å². The first-order chi connectivity index (χ1) is 9.78. The van der Waals surface area contributed by atoms with Crippen molar-refractivity contribution in [2.24, 2.45) is 0 Å². The van der Waals surface area contributed by atoms with Crippen LogP contribution in [0.5, 0.6) is 0 Å². The van der Waals surface area contributed by atoms with Crippen LogP contribution < -0.4 is 0 Å². The predicted molar refractivity (Wildman–Crippen MR) is 82.5 cm³/mol. The molecular weight excluding hydrogens is 365 g/mol. The van der Waals surface area contributed by atoms with Gasteiger partial charge in [-0.25, -0.2) is 9.97 Å². The van der Waals surface area contributed by atoms with Crippen LogP contribution in [0.25, 0.3) is 22.8 Å². The van der Waals surface area contributed by atoms with E-state index in [0.29, 0.717) is 11.5 Å². The zero-order valence-electron chi connectivity index (χ0n) is 10.2. The third kappa shape index (κ3) is 2.40. The first-order valence-corrected chi connectivity index (χ1v) is 6.89. The molecule has 0 aromatic carbocycles. The summed E-state index contributed by atoms with van der Waals surface area (Å²) in [6.07, 6.45) is 3.34. The summed E-state index contributed by atoms with van der Waals surface area (Å²) in [5.41, 5.74) is 2.82. The van der Waals surface area contributed by atoms with Gasteiger partial charge in [-0.05, 0) is 46.9 Å². The van der Waals surface area contributed by atoms with E-state index in [0.717, 1.165) is 20.7 Å². The number of nitrogens with zero attached hydrogens (tertiary/aromatic N) is 4. The molecule has 0 bridgehead atoms. The van der Waals surface area contributed by atoms with Crippen LogP contribution in [-0.4, -0.2) is 19.9 Å². The number of halogens is 1. The number of imidazole rings is 1. The predicted octanol–water partition coefficient (Wildman–Crippen LogP) is 3.01. The van der Waals surface area contributed by atoms with Crippen LogP contribution in [0.15, 0.2) is 42.7 Å². The van der Waals surface area contributed by atoms with Gasteiger partial charge < -0.3 is 4.98 Å².